The molecule has 0 bridgehead atoms. The molecule has 15 heteroatoms. The smallest absolute Gasteiger partial charge is 0.507 e. The van der Waals surface area contributed by atoms with Gasteiger partial charge < -0.3 is 29.7 Å². The molecular formula is C129H122IrN9O2Pt2Si-2. The van der Waals surface area contributed by atoms with Crippen LogP contribution in [0, 0.1) is 36.2 Å². The van der Waals surface area contributed by atoms with Gasteiger partial charge in [-0.2, -0.15) is 0 Å². The molecule has 0 radical (unpaired) electrons. The van der Waals surface area contributed by atoms with Crippen molar-refractivity contribution in [2.75, 3.05) is 0 Å². The molecule has 20 aromatic rings. The van der Waals surface area contributed by atoms with E-state index >= 15 is 0 Å². The Balaban J connectivity index is 0.000000168. The number of hydrogen-bond acceptors (Lipinski definition) is 9. The van der Waals surface area contributed by atoms with Crippen LogP contribution in [0.2, 0.25) is 19.6 Å². The van der Waals surface area contributed by atoms with Gasteiger partial charge in [-0.25, -0.2) is 9.97 Å². The zero-order valence-electron chi connectivity index (χ0n) is 85.0. The molecular weight excluding hydrogens is 2320 g/mol. The van der Waals surface area contributed by atoms with Gasteiger partial charge in [0.2, 0.25) is 0 Å². The average Bonchev–Trinajstić information content (AvgIpc) is 1.60. The molecule has 0 amide bonds. The molecule has 730 valence electrons. The minimum Gasteiger partial charge on any atom is -0.507 e. The van der Waals surface area contributed by atoms with E-state index in [1.54, 1.807) is 12.4 Å². The fourth-order valence-electron chi connectivity index (χ4n) is 17.5. The minimum absolute atomic E-state index is 0. The number of para-hydroxylation sites is 3. The maximum absolute atomic E-state index is 12.0. The molecule has 7 aromatic heterocycles. The Morgan fingerprint density at radius 1 is 0.326 bits per heavy atom. The molecule has 0 saturated carbocycles. The first kappa shape index (κ1) is 108. The van der Waals surface area contributed by atoms with Crippen LogP contribution in [0.25, 0.3) is 162 Å². The molecule has 0 aliphatic rings. The van der Waals surface area contributed by atoms with E-state index in [2.05, 4.69) is 377 Å². The summed E-state index contributed by atoms with van der Waals surface area (Å²) in [6.07, 6.45) is 10.5. The number of aromatic nitrogens is 9. The summed E-state index contributed by atoms with van der Waals surface area (Å²) in [7, 11) is 0.689. The second kappa shape index (κ2) is 47.3. The van der Waals surface area contributed by atoms with E-state index < -0.39 is 8.07 Å². The SMILES string of the molecule is CC(C)(C)c1cc(-c2nc3c(-c4[c-]c(-c5cc(-c6ccccc6)ccn5)ccc4)cccc3n2-c2ccccc2)c(O)c(C(C)(C)C)c1.CC(C)Cc1cc(-c2[c-]cccc2)ncc1[Si](C)(C)C.Cn1c(-c2cc(C(C)(C)C)cc(C(C)(C)C)c2O)nc2c(-c3[c-]c(-c4cc(-c5ccccc5)ccn4)cc(-c4ccccc4)c3)cccc21.[Ir+3].[Pt].[Pt].[c-]1ccccc1-c1ccccn1.[c-]1ccccc1-c1ccccn1. The van der Waals surface area contributed by atoms with Gasteiger partial charge in [0.1, 0.15) is 23.1 Å². The van der Waals surface area contributed by atoms with Crippen LogP contribution in [-0.4, -0.2) is 62.3 Å². The Labute approximate surface area is 894 Å². The van der Waals surface area contributed by atoms with Crippen LogP contribution in [0.4, 0.5) is 0 Å². The van der Waals surface area contributed by atoms with Crippen molar-refractivity contribution >= 4 is 35.3 Å². The fourth-order valence-corrected chi connectivity index (χ4v) is 19.0. The molecule has 144 heavy (non-hydrogen) atoms. The number of fused-ring (bicyclic) bond motifs is 2. The Kier molecular flexibility index (Phi) is 35.4. The Morgan fingerprint density at radius 2 is 0.715 bits per heavy atom. The van der Waals surface area contributed by atoms with Crippen LogP contribution >= 0.6 is 0 Å². The number of benzene rings is 13. The summed E-state index contributed by atoms with van der Waals surface area (Å²) in [5, 5.41) is 25.2. The van der Waals surface area contributed by atoms with E-state index in [4.69, 9.17) is 19.9 Å². The van der Waals surface area contributed by atoms with Crippen molar-refractivity contribution in [1.29, 1.82) is 0 Å². The number of aryl methyl sites for hydroxylation is 1. The number of pyridine rings is 5. The number of hydrogen-bond donors (Lipinski definition) is 2. The number of imidazole rings is 2. The first-order valence-corrected chi connectivity index (χ1v) is 51.9. The molecule has 0 fully saturated rings. The molecule has 0 spiro atoms. The first-order chi connectivity index (χ1) is 67.7. The van der Waals surface area contributed by atoms with E-state index in [0.29, 0.717) is 11.7 Å². The van der Waals surface area contributed by atoms with Crippen molar-refractivity contribution in [3.8, 4) is 152 Å². The maximum atomic E-state index is 12.0. The van der Waals surface area contributed by atoms with Gasteiger partial charge >= 0.3 is 20.1 Å². The van der Waals surface area contributed by atoms with Gasteiger partial charge in [-0.1, -0.05) is 338 Å². The summed E-state index contributed by atoms with van der Waals surface area (Å²) < 4.78 is 4.26. The van der Waals surface area contributed by atoms with E-state index in [1.165, 1.54) is 10.8 Å². The summed E-state index contributed by atoms with van der Waals surface area (Å²) in [5.41, 5.74) is 31.1. The minimum atomic E-state index is -1.34. The second-order valence-electron chi connectivity index (χ2n) is 41.3. The molecule has 0 saturated heterocycles. The van der Waals surface area contributed by atoms with Crippen molar-refractivity contribution < 1.29 is 72.4 Å². The third-order valence-corrected chi connectivity index (χ3v) is 27.1. The third kappa shape index (κ3) is 25.9. The van der Waals surface area contributed by atoms with Gasteiger partial charge in [0.05, 0.1) is 41.3 Å². The molecule has 2 N–H and O–H groups in total. The number of phenols is 2. The summed E-state index contributed by atoms with van der Waals surface area (Å²) in [4.78, 5) is 33.3. The molecule has 0 aliphatic carbocycles. The number of nitrogens with zero attached hydrogens (tertiary/aromatic N) is 9. The van der Waals surface area contributed by atoms with Crippen LogP contribution < -0.4 is 5.19 Å². The summed E-state index contributed by atoms with van der Waals surface area (Å²) in [5.74, 6) is 2.65. The monoisotopic (exact) mass is 2440 g/mol. The summed E-state index contributed by atoms with van der Waals surface area (Å²) in [6, 6.07) is 136. The Hall–Kier alpha value is -13.6. The molecule has 0 aliphatic heterocycles. The van der Waals surface area contributed by atoms with E-state index in [1.807, 2.05) is 171 Å². The second-order valence-corrected chi connectivity index (χ2v) is 46.3. The molecule has 7 heterocycles. The maximum Gasteiger partial charge on any atom is 3.00 e. The number of rotatable bonds is 16. The Morgan fingerprint density at radius 3 is 1.17 bits per heavy atom. The first-order valence-electron chi connectivity index (χ1n) is 48.4. The molecule has 11 nitrogen and oxygen atoms in total. The molecule has 0 unspecified atom stereocenters. The van der Waals surface area contributed by atoms with Gasteiger partial charge in [0.15, 0.2) is 0 Å². The average molecular weight is 2440 g/mol. The van der Waals surface area contributed by atoms with Crippen LogP contribution in [0.15, 0.2) is 383 Å². The van der Waals surface area contributed by atoms with Gasteiger partial charge in [0, 0.05) is 108 Å². The Bertz CT molecular complexity index is 7520. The zero-order chi connectivity index (χ0) is 99.3. The van der Waals surface area contributed by atoms with Gasteiger partial charge in [-0.3, -0.25) is 14.5 Å². The van der Waals surface area contributed by atoms with Crippen molar-refractivity contribution in [1.82, 2.24) is 44.0 Å². The van der Waals surface area contributed by atoms with Gasteiger partial charge in [-0.05, 0) is 156 Å². The van der Waals surface area contributed by atoms with Crippen molar-refractivity contribution in [2.24, 2.45) is 13.0 Å². The van der Waals surface area contributed by atoms with E-state index in [9.17, 15) is 10.2 Å². The van der Waals surface area contributed by atoms with Crippen molar-refractivity contribution in [3.63, 3.8) is 0 Å². The molecule has 13 aromatic carbocycles. The van der Waals surface area contributed by atoms with Crippen molar-refractivity contribution in [2.45, 2.75) is 145 Å². The number of phenolic OH excluding ortho intramolecular Hbond substituents is 2. The predicted octanol–water partition coefficient (Wildman–Crippen LogP) is 32.0. The van der Waals surface area contributed by atoms with Crippen LogP contribution in [-0.2, 0) is 97.4 Å². The standard InChI is InChI=1S/C45H42N3O.C44H40N3O.C18H24NSi.2C11H8N.Ir.2Pt/c1-44(2,3)35-27-37(42(49)38(28-35)45(4,5)6)43-47-41-36(19-14-20-40(41)48(43)7)33-23-32(30-17-12-9-13-18-30)24-34(25-33)39-26-31(21-22-46-39)29-15-10-8-11-16-29;1-43(2,3)33-27-36(41(48)37(28-33)44(4,5)6)42-46-40-35(21-14-22-39(40)47(42)34-19-11-8-12-20-34)31-17-13-18-32(25-31)38-26-30(23-24-45-38)29-15-9-7-10-16-29;1-14(2)11-16-12-17(15-9-7-6-8-10-15)19-13-18(16)20(3,4)5;2*1-2-6-10(7-3-1)11-8-4-5-9-12-11;;;/h8-24,26-28,49H,1-7H3;7-24,26-28,48H,1-6H3;6-9,12-14H,11H2,1-5H3;2*1-6,8-9H;;;/q5*-1;+3;;. The van der Waals surface area contributed by atoms with Gasteiger partial charge in [0.25, 0.3) is 0 Å². The van der Waals surface area contributed by atoms with Crippen molar-refractivity contribution in [3.05, 3.63) is 441 Å². The quantitative estimate of drug-likeness (QED) is 0.0714. The van der Waals surface area contributed by atoms with Crippen LogP contribution in [0.5, 0.6) is 11.5 Å². The fraction of sp³-hybridized carbons (Fsp3) is 0.186. The van der Waals surface area contributed by atoms with Gasteiger partial charge in [-0.15, -0.1) is 161 Å². The largest absolute Gasteiger partial charge is 3.00 e. The number of aromatic hydroxyl groups is 2. The third-order valence-electron chi connectivity index (χ3n) is 25.0. The summed E-state index contributed by atoms with van der Waals surface area (Å²) >= 11 is 0. The van der Waals surface area contributed by atoms with Crippen LogP contribution in [0.1, 0.15) is 125 Å². The molecule has 0 atom stereocenters. The zero-order valence-corrected chi connectivity index (χ0v) is 93.0. The predicted molar refractivity (Wildman–Crippen MR) is 589 cm³/mol. The van der Waals surface area contributed by atoms with E-state index in [0.717, 1.165) is 185 Å². The normalized spacial score (nSPS) is 11.4. The topological polar surface area (TPSA) is 141 Å². The summed E-state index contributed by atoms with van der Waals surface area (Å²) in [6.45, 7) is 37.8. The van der Waals surface area contributed by atoms with E-state index in [-0.39, 0.29) is 95.4 Å². The van der Waals surface area contributed by atoms with Crippen LogP contribution in [0.3, 0.4) is 0 Å². The molecule has 20 rings (SSSR count).